The number of nitrogens with zero attached hydrogens (tertiary/aromatic N) is 8. The summed E-state index contributed by atoms with van der Waals surface area (Å²) in [5.41, 5.74) is 2.75. The van der Waals surface area contributed by atoms with E-state index in [0.717, 1.165) is 16.7 Å². The lowest BCUT2D eigenvalue weighted by molar-refractivity contribution is 0.432. The summed E-state index contributed by atoms with van der Waals surface area (Å²) in [6, 6.07) is 7.85. The molecule has 0 aliphatic carbocycles. The van der Waals surface area contributed by atoms with Gasteiger partial charge in [0.1, 0.15) is 6.33 Å². The summed E-state index contributed by atoms with van der Waals surface area (Å²) in [5, 5.41) is 19.2. The van der Waals surface area contributed by atoms with Crippen molar-refractivity contribution in [3.63, 3.8) is 0 Å². The van der Waals surface area contributed by atoms with Gasteiger partial charge in [0, 0.05) is 18.8 Å². The van der Waals surface area contributed by atoms with Gasteiger partial charge in [-0.3, -0.25) is 4.68 Å². The van der Waals surface area contributed by atoms with Crippen molar-refractivity contribution >= 4 is 0 Å². The first-order valence-corrected chi connectivity index (χ1v) is 6.91. The molecule has 0 aliphatic heterocycles. The first kappa shape index (κ1) is 13.3. The third-order valence-corrected chi connectivity index (χ3v) is 3.33. The smallest absolute Gasteiger partial charge is 0.261 e. The van der Waals surface area contributed by atoms with E-state index in [0.29, 0.717) is 18.3 Å². The van der Waals surface area contributed by atoms with Crippen LogP contribution < -0.4 is 0 Å². The zero-order chi connectivity index (χ0) is 15.6. The lowest BCUT2D eigenvalue weighted by Gasteiger charge is -2.00. The lowest BCUT2D eigenvalue weighted by Crippen LogP contribution is -2.00. The maximum Gasteiger partial charge on any atom is 0.261 e. The fraction of sp³-hybridized carbons (Fsp3) is 0.143. The molecule has 23 heavy (non-hydrogen) atoms. The molecule has 0 saturated carbocycles. The highest BCUT2D eigenvalue weighted by atomic mass is 16.5. The Hall–Kier alpha value is -3.36. The number of hydrogen-bond donors (Lipinski definition) is 0. The minimum Gasteiger partial charge on any atom is -0.333 e. The van der Waals surface area contributed by atoms with Gasteiger partial charge < -0.3 is 4.52 Å². The van der Waals surface area contributed by atoms with Crippen LogP contribution in [0.3, 0.4) is 0 Å². The van der Waals surface area contributed by atoms with Crippen molar-refractivity contribution in [2.24, 2.45) is 7.05 Å². The van der Waals surface area contributed by atoms with Crippen molar-refractivity contribution in [1.82, 2.24) is 40.1 Å². The Labute approximate surface area is 130 Å². The van der Waals surface area contributed by atoms with Gasteiger partial charge in [-0.1, -0.05) is 29.4 Å². The molecule has 4 rings (SSSR count). The van der Waals surface area contributed by atoms with Gasteiger partial charge >= 0.3 is 0 Å². The maximum atomic E-state index is 5.29. The summed E-state index contributed by atoms with van der Waals surface area (Å²) < 4.78 is 8.63. The molecule has 0 N–H and O–H groups in total. The Balaban J connectivity index is 1.55. The van der Waals surface area contributed by atoms with Gasteiger partial charge in [-0.15, -0.1) is 5.10 Å². The fourth-order valence-electron chi connectivity index (χ4n) is 2.19. The first-order chi connectivity index (χ1) is 11.3. The summed E-state index contributed by atoms with van der Waals surface area (Å²) in [7, 11) is 1.84. The van der Waals surface area contributed by atoms with Crippen LogP contribution in [0.5, 0.6) is 0 Å². The van der Waals surface area contributed by atoms with Crippen LogP contribution in [0.2, 0.25) is 0 Å². The molecule has 3 heterocycles. The van der Waals surface area contributed by atoms with E-state index in [2.05, 4.69) is 30.8 Å². The molecule has 0 radical (unpaired) electrons. The molecule has 0 unspecified atom stereocenters. The average Bonchev–Trinajstić information content (AvgIpc) is 3.29. The van der Waals surface area contributed by atoms with Crippen molar-refractivity contribution in [2.45, 2.75) is 6.54 Å². The van der Waals surface area contributed by atoms with Gasteiger partial charge in [0.2, 0.25) is 5.82 Å². The second-order valence-corrected chi connectivity index (χ2v) is 5.03. The van der Waals surface area contributed by atoms with Gasteiger partial charge in [0.05, 0.1) is 18.3 Å². The van der Waals surface area contributed by atoms with Crippen LogP contribution in [0.15, 0.2) is 47.5 Å². The zero-order valence-electron chi connectivity index (χ0n) is 12.2. The van der Waals surface area contributed by atoms with E-state index >= 15 is 0 Å². The van der Waals surface area contributed by atoms with E-state index in [-0.39, 0.29) is 0 Å². The van der Waals surface area contributed by atoms with Crippen molar-refractivity contribution in [1.29, 1.82) is 0 Å². The highest BCUT2D eigenvalue weighted by Gasteiger charge is 2.12. The second kappa shape index (κ2) is 5.44. The molecule has 0 atom stereocenters. The summed E-state index contributed by atoms with van der Waals surface area (Å²) >= 11 is 0. The summed E-state index contributed by atoms with van der Waals surface area (Å²) in [6.45, 7) is 0.612. The fourth-order valence-corrected chi connectivity index (χ4v) is 2.19. The number of aromatic nitrogens is 8. The molecule has 1 aromatic carbocycles. The van der Waals surface area contributed by atoms with Crippen molar-refractivity contribution in [3.8, 4) is 22.8 Å². The van der Waals surface area contributed by atoms with Crippen LogP contribution in [0.1, 0.15) is 5.56 Å². The molecular weight excluding hydrogens is 296 g/mol. The van der Waals surface area contributed by atoms with Gasteiger partial charge in [-0.2, -0.15) is 10.1 Å². The first-order valence-electron chi connectivity index (χ1n) is 6.91. The molecule has 0 saturated heterocycles. The number of aryl methyl sites for hydroxylation is 1. The summed E-state index contributed by atoms with van der Waals surface area (Å²) in [5.74, 6) is 0.990. The molecule has 9 heteroatoms. The molecule has 0 aliphatic rings. The SMILES string of the molecule is Cn1cc(-c2nc(-c3ccc(Cn4cnnn4)cc3)no2)cn1. The maximum absolute atomic E-state index is 5.29. The van der Waals surface area contributed by atoms with Crippen LogP contribution in [-0.2, 0) is 13.6 Å². The third-order valence-electron chi connectivity index (χ3n) is 3.33. The molecule has 114 valence electrons. The van der Waals surface area contributed by atoms with Gasteiger partial charge in [-0.25, -0.2) is 4.68 Å². The van der Waals surface area contributed by atoms with E-state index in [9.17, 15) is 0 Å². The summed E-state index contributed by atoms with van der Waals surface area (Å²) in [4.78, 5) is 4.40. The Kier molecular flexibility index (Phi) is 3.15. The number of tetrazole rings is 1. The predicted octanol–water partition coefficient (Wildman–Crippen LogP) is 1.17. The monoisotopic (exact) mass is 308 g/mol. The average molecular weight is 308 g/mol. The van der Waals surface area contributed by atoms with Crippen molar-refractivity contribution in [3.05, 3.63) is 48.5 Å². The van der Waals surface area contributed by atoms with Crippen LogP contribution in [0.4, 0.5) is 0 Å². The Morgan fingerprint density at radius 1 is 1.13 bits per heavy atom. The van der Waals surface area contributed by atoms with Crippen molar-refractivity contribution in [2.75, 3.05) is 0 Å². The molecular formula is C14H12N8O. The lowest BCUT2D eigenvalue weighted by atomic mass is 10.1. The summed E-state index contributed by atoms with van der Waals surface area (Å²) in [6.07, 6.45) is 5.09. The molecule has 3 aromatic heterocycles. The molecule has 0 bridgehead atoms. The predicted molar refractivity (Wildman–Crippen MR) is 78.9 cm³/mol. The minimum absolute atomic E-state index is 0.450. The Morgan fingerprint density at radius 2 is 2.00 bits per heavy atom. The Bertz CT molecular complexity index is 907. The minimum atomic E-state index is 0.450. The standard InChI is InChI=1S/C14H12N8O/c1-21-8-12(6-16-21)14-17-13(18-23-14)11-4-2-10(3-5-11)7-22-9-15-19-20-22/h2-6,8-9H,7H2,1H3. The van der Waals surface area contributed by atoms with E-state index in [1.165, 1.54) is 0 Å². The number of benzene rings is 1. The van der Waals surface area contributed by atoms with Crippen LogP contribution in [-0.4, -0.2) is 40.1 Å². The zero-order valence-corrected chi connectivity index (χ0v) is 12.2. The van der Waals surface area contributed by atoms with Gasteiger partial charge in [0.25, 0.3) is 5.89 Å². The topological polar surface area (TPSA) is 100 Å². The highest BCUT2D eigenvalue weighted by molar-refractivity contribution is 5.59. The third kappa shape index (κ3) is 2.71. The molecule has 0 amide bonds. The van der Waals surface area contributed by atoms with E-state index < -0.39 is 0 Å². The highest BCUT2D eigenvalue weighted by Crippen LogP contribution is 2.22. The molecule has 9 nitrogen and oxygen atoms in total. The largest absolute Gasteiger partial charge is 0.333 e. The van der Waals surface area contributed by atoms with Crippen LogP contribution in [0.25, 0.3) is 22.8 Å². The van der Waals surface area contributed by atoms with Crippen molar-refractivity contribution < 1.29 is 4.52 Å². The van der Waals surface area contributed by atoms with E-state index in [1.54, 1.807) is 21.9 Å². The molecule has 0 fully saturated rings. The Morgan fingerprint density at radius 3 is 2.70 bits per heavy atom. The number of rotatable bonds is 4. The quantitative estimate of drug-likeness (QED) is 0.558. The van der Waals surface area contributed by atoms with E-state index in [4.69, 9.17) is 4.52 Å². The van der Waals surface area contributed by atoms with E-state index in [1.807, 2.05) is 37.5 Å². The molecule has 0 spiro atoms. The van der Waals surface area contributed by atoms with Crippen LogP contribution >= 0.6 is 0 Å². The van der Waals surface area contributed by atoms with Gasteiger partial charge in [-0.05, 0) is 16.0 Å². The van der Waals surface area contributed by atoms with Gasteiger partial charge in [0.15, 0.2) is 0 Å². The molecule has 4 aromatic rings. The number of hydrogen-bond acceptors (Lipinski definition) is 7. The van der Waals surface area contributed by atoms with Crippen LogP contribution in [0, 0.1) is 0 Å². The second-order valence-electron chi connectivity index (χ2n) is 5.03. The normalized spacial score (nSPS) is 11.0.